The van der Waals surface area contributed by atoms with Gasteiger partial charge in [0.25, 0.3) is 0 Å². The van der Waals surface area contributed by atoms with Gasteiger partial charge in [-0.05, 0) is 65.1 Å². The van der Waals surface area contributed by atoms with Crippen LogP contribution in [0.5, 0.6) is 0 Å². The summed E-state index contributed by atoms with van der Waals surface area (Å²) in [5, 5.41) is 1.43. The highest BCUT2D eigenvalue weighted by molar-refractivity contribution is 14.1. The average Bonchev–Trinajstić information content (AvgIpc) is 2.47. The Morgan fingerprint density at radius 2 is 2.08 bits per heavy atom. The molecule has 2 rings (SSSR count). The molecule has 1 aromatic carbocycles. The Labute approximate surface area is 96.1 Å². The lowest BCUT2D eigenvalue weighted by molar-refractivity contribution is 1.19. The van der Waals surface area contributed by atoms with E-state index >= 15 is 0 Å². The van der Waals surface area contributed by atoms with E-state index < -0.39 is 0 Å². The first-order chi connectivity index (χ1) is 6.20. The summed E-state index contributed by atoms with van der Waals surface area (Å²) in [4.78, 5) is 1.49. The lowest BCUT2D eigenvalue weighted by Gasteiger charge is -1.96. The Hall–Kier alpha value is -0.0900. The maximum Gasteiger partial charge on any atom is 0.0358 e. The number of halogens is 1. The minimum absolute atomic E-state index is 1.15. The van der Waals surface area contributed by atoms with E-state index in [-0.39, 0.29) is 0 Å². The van der Waals surface area contributed by atoms with Gasteiger partial charge in [0, 0.05) is 13.1 Å². The van der Waals surface area contributed by atoms with E-state index in [4.69, 9.17) is 0 Å². The summed E-state index contributed by atoms with van der Waals surface area (Å²) in [6, 6.07) is 6.84. The molecule has 0 aliphatic rings. The molecule has 0 radical (unpaired) electrons. The van der Waals surface area contributed by atoms with Gasteiger partial charge in [-0.15, -0.1) is 11.3 Å². The van der Waals surface area contributed by atoms with Gasteiger partial charge in [-0.3, -0.25) is 0 Å². The monoisotopic (exact) mass is 302 g/mol. The molecule has 0 amide bonds. The second-order valence-corrected chi connectivity index (χ2v) is 5.61. The summed E-state index contributed by atoms with van der Waals surface area (Å²) in [5.74, 6) is 0. The molecule has 0 aliphatic carbocycles. The molecule has 2 aromatic rings. The number of aryl methyl sites for hydroxylation is 2. The molecule has 13 heavy (non-hydrogen) atoms. The van der Waals surface area contributed by atoms with Gasteiger partial charge in [0.15, 0.2) is 0 Å². The fourth-order valence-electron chi connectivity index (χ4n) is 1.50. The topological polar surface area (TPSA) is 0 Å². The van der Waals surface area contributed by atoms with Gasteiger partial charge in [0.05, 0.1) is 0 Å². The number of hydrogen-bond acceptors (Lipinski definition) is 1. The Bertz CT molecular complexity index is 443. The van der Waals surface area contributed by atoms with Crippen LogP contribution in [-0.4, -0.2) is 0 Å². The molecule has 0 nitrogen and oxygen atoms in total. The molecule has 0 saturated heterocycles. The highest BCUT2D eigenvalue weighted by atomic mass is 127. The van der Waals surface area contributed by atoms with Crippen molar-refractivity contribution in [2.24, 2.45) is 0 Å². The molecule has 1 heterocycles. The highest BCUT2D eigenvalue weighted by Crippen LogP contribution is 2.30. The minimum atomic E-state index is 1.15. The van der Waals surface area contributed by atoms with E-state index in [1.165, 1.54) is 24.1 Å². The van der Waals surface area contributed by atoms with Gasteiger partial charge in [0.2, 0.25) is 0 Å². The molecule has 0 aliphatic heterocycles. The van der Waals surface area contributed by atoms with Gasteiger partial charge in [0.1, 0.15) is 0 Å². The molecule has 0 saturated carbocycles. The zero-order valence-corrected chi connectivity index (χ0v) is 10.7. The third kappa shape index (κ3) is 1.74. The number of rotatable bonds is 1. The molecule has 68 valence electrons. The molecule has 0 fully saturated rings. The maximum absolute atomic E-state index is 2.38. The number of fused-ring (bicyclic) bond motifs is 1. The second-order valence-electron chi connectivity index (χ2n) is 3.20. The van der Waals surface area contributed by atoms with Crippen LogP contribution in [0.1, 0.15) is 17.4 Å². The Balaban J connectivity index is 2.75. The lowest BCUT2D eigenvalue weighted by atomic mass is 10.1. The summed E-state index contributed by atoms with van der Waals surface area (Å²) in [5.41, 5.74) is 1.40. The number of thiophene rings is 1. The first-order valence-electron chi connectivity index (χ1n) is 4.39. The van der Waals surface area contributed by atoms with Crippen molar-refractivity contribution in [3.05, 3.63) is 32.2 Å². The average molecular weight is 302 g/mol. The van der Waals surface area contributed by atoms with Crippen LogP contribution in [0, 0.1) is 10.5 Å². The summed E-state index contributed by atoms with van der Waals surface area (Å²) in [6.07, 6.45) is 1.15. The van der Waals surface area contributed by atoms with Gasteiger partial charge >= 0.3 is 0 Å². The molecule has 0 bridgehead atoms. The zero-order chi connectivity index (χ0) is 9.42. The fraction of sp³-hybridized carbons (Fsp3) is 0.273. The van der Waals surface area contributed by atoms with Crippen LogP contribution in [-0.2, 0) is 6.42 Å². The predicted octanol–water partition coefficient (Wildman–Crippen LogP) is 4.38. The molecular weight excluding hydrogens is 291 g/mol. The first kappa shape index (κ1) is 9.46. The van der Waals surface area contributed by atoms with E-state index in [0.29, 0.717) is 0 Å². The first-order valence-corrected chi connectivity index (χ1v) is 6.29. The molecule has 0 atom stereocenters. The van der Waals surface area contributed by atoms with Crippen LogP contribution in [0.4, 0.5) is 0 Å². The van der Waals surface area contributed by atoms with Gasteiger partial charge in [-0.25, -0.2) is 0 Å². The fourth-order valence-corrected chi connectivity index (χ4v) is 3.61. The van der Waals surface area contributed by atoms with Crippen LogP contribution >= 0.6 is 33.9 Å². The van der Waals surface area contributed by atoms with Crippen molar-refractivity contribution >= 4 is 44.0 Å². The summed E-state index contributed by atoms with van der Waals surface area (Å²) >= 11 is 4.30. The van der Waals surface area contributed by atoms with Crippen LogP contribution in [0.3, 0.4) is 0 Å². The summed E-state index contributed by atoms with van der Waals surface area (Å²) in [7, 11) is 0. The van der Waals surface area contributed by atoms with Gasteiger partial charge in [-0.2, -0.15) is 0 Å². The lowest BCUT2D eigenvalue weighted by Crippen LogP contribution is -1.75. The molecule has 2 heteroatoms. The highest BCUT2D eigenvalue weighted by Gasteiger charge is 2.03. The van der Waals surface area contributed by atoms with Crippen molar-refractivity contribution in [2.45, 2.75) is 20.3 Å². The van der Waals surface area contributed by atoms with E-state index in [9.17, 15) is 0 Å². The quantitative estimate of drug-likeness (QED) is 0.686. The van der Waals surface area contributed by atoms with Crippen molar-refractivity contribution in [2.75, 3.05) is 0 Å². The van der Waals surface area contributed by atoms with Crippen LogP contribution in [0.25, 0.3) is 10.1 Å². The van der Waals surface area contributed by atoms with Crippen LogP contribution in [0.2, 0.25) is 0 Å². The van der Waals surface area contributed by atoms with Gasteiger partial charge < -0.3 is 0 Å². The van der Waals surface area contributed by atoms with E-state index in [1.807, 2.05) is 11.3 Å². The van der Waals surface area contributed by atoms with Crippen molar-refractivity contribution in [1.29, 1.82) is 0 Å². The standard InChI is InChI=1S/C11H11IS/c1-3-9-6-10-7(2)4-8(12)5-11(10)13-9/h4-6H,3H2,1-2H3. The SMILES string of the molecule is CCc1cc2c(C)cc(I)cc2s1. The number of benzene rings is 1. The minimum Gasteiger partial charge on any atom is -0.140 e. The number of hydrogen-bond donors (Lipinski definition) is 0. The normalized spacial score (nSPS) is 11.0. The summed E-state index contributed by atoms with van der Waals surface area (Å²) in [6.45, 7) is 4.40. The van der Waals surface area contributed by atoms with E-state index in [0.717, 1.165) is 6.42 Å². The molecule has 0 N–H and O–H groups in total. The molecule has 1 aromatic heterocycles. The zero-order valence-electron chi connectivity index (χ0n) is 7.73. The largest absolute Gasteiger partial charge is 0.140 e. The van der Waals surface area contributed by atoms with E-state index in [1.54, 1.807) is 0 Å². The van der Waals surface area contributed by atoms with Crippen LogP contribution < -0.4 is 0 Å². The van der Waals surface area contributed by atoms with E-state index in [2.05, 4.69) is 54.6 Å². The Morgan fingerprint density at radius 3 is 2.77 bits per heavy atom. The smallest absolute Gasteiger partial charge is 0.0358 e. The molecule has 0 spiro atoms. The Kier molecular flexibility index (Phi) is 2.60. The third-order valence-electron chi connectivity index (χ3n) is 2.21. The van der Waals surface area contributed by atoms with Crippen molar-refractivity contribution in [3.63, 3.8) is 0 Å². The second kappa shape index (κ2) is 3.58. The molecular formula is C11H11IS. The van der Waals surface area contributed by atoms with Gasteiger partial charge in [-0.1, -0.05) is 6.92 Å². The van der Waals surface area contributed by atoms with Crippen LogP contribution in [0.15, 0.2) is 18.2 Å². The summed E-state index contributed by atoms with van der Waals surface area (Å²) < 4.78 is 2.77. The van der Waals surface area contributed by atoms with Crippen molar-refractivity contribution in [1.82, 2.24) is 0 Å². The van der Waals surface area contributed by atoms with Crippen molar-refractivity contribution < 1.29 is 0 Å². The molecule has 0 unspecified atom stereocenters. The predicted molar refractivity (Wildman–Crippen MR) is 68.7 cm³/mol. The van der Waals surface area contributed by atoms with Crippen molar-refractivity contribution in [3.8, 4) is 0 Å². The Morgan fingerprint density at radius 1 is 1.31 bits per heavy atom. The third-order valence-corrected chi connectivity index (χ3v) is 4.06. The maximum atomic E-state index is 2.38.